The van der Waals surface area contributed by atoms with E-state index >= 15 is 0 Å². The standard InChI is InChI=1S/C13H17NO2/c15-6-5-14-13(16)9-10-7-11-3-1-2-4-12(11)8-10/h1-4,10,15H,5-9H2,(H,14,16). The Balaban J connectivity index is 1.85. The van der Waals surface area contributed by atoms with Crippen LogP contribution in [0.5, 0.6) is 0 Å². The molecule has 0 radical (unpaired) electrons. The lowest BCUT2D eigenvalue weighted by Gasteiger charge is -2.08. The normalized spacial score (nSPS) is 14.8. The van der Waals surface area contributed by atoms with Crippen molar-refractivity contribution in [3.05, 3.63) is 35.4 Å². The van der Waals surface area contributed by atoms with Crippen LogP contribution in [0.3, 0.4) is 0 Å². The van der Waals surface area contributed by atoms with E-state index in [0.717, 1.165) is 12.8 Å². The van der Waals surface area contributed by atoms with E-state index in [2.05, 4.69) is 17.4 Å². The molecule has 0 aromatic heterocycles. The third-order valence-corrected chi connectivity index (χ3v) is 3.04. The summed E-state index contributed by atoms with van der Waals surface area (Å²) < 4.78 is 0. The number of hydrogen-bond acceptors (Lipinski definition) is 2. The van der Waals surface area contributed by atoms with E-state index < -0.39 is 0 Å². The summed E-state index contributed by atoms with van der Waals surface area (Å²) in [6.45, 7) is 0.370. The number of aliphatic hydroxyl groups excluding tert-OH is 1. The van der Waals surface area contributed by atoms with Gasteiger partial charge >= 0.3 is 0 Å². The molecular weight excluding hydrogens is 202 g/mol. The minimum Gasteiger partial charge on any atom is -0.395 e. The first kappa shape index (κ1) is 11.1. The molecule has 0 saturated carbocycles. The maximum atomic E-state index is 11.5. The second-order valence-electron chi connectivity index (χ2n) is 4.32. The van der Waals surface area contributed by atoms with Crippen molar-refractivity contribution in [1.29, 1.82) is 0 Å². The first-order chi connectivity index (χ1) is 7.79. The van der Waals surface area contributed by atoms with Crippen molar-refractivity contribution >= 4 is 5.91 Å². The Hall–Kier alpha value is -1.35. The van der Waals surface area contributed by atoms with E-state index in [1.165, 1.54) is 11.1 Å². The molecule has 0 spiro atoms. The molecule has 1 aliphatic carbocycles. The molecule has 0 unspecified atom stereocenters. The van der Waals surface area contributed by atoms with Gasteiger partial charge in [0.2, 0.25) is 5.91 Å². The van der Waals surface area contributed by atoms with E-state index in [1.54, 1.807) is 0 Å². The van der Waals surface area contributed by atoms with E-state index in [0.29, 0.717) is 18.9 Å². The molecule has 0 fully saturated rings. The highest BCUT2D eigenvalue weighted by Crippen LogP contribution is 2.28. The van der Waals surface area contributed by atoms with Crippen LogP contribution < -0.4 is 5.32 Å². The lowest BCUT2D eigenvalue weighted by molar-refractivity contribution is -0.122. The van der Waals surface area contributed by atoms with Crippen molar-refractivity contribution in [1.82, 2.24) is 5.32 Å². The van der Waals surface area contributed by atoms with Crippen molar-refractivity contribution in [2.75, 3.05) is 13.2 Å². The molecule has 3 heteroatoms. The van der Waals surface area contributed by atoms with Gasteiger partial charge in [0.1, 0.15) is 0 Å². The topological polar surface area (TPSA) is 49.3 Å². The maximum absolute atomic E-state index is 11.5. The molecule has 0 bridgehead atoms. The molecule has 1 aromatic rings. The van der Waals surface area contributed by atoms with Gasteiger partial charge in [-0.1, -0.05) is 24.3 Å². The molecule has 1 aliphatic rings. The van der Waals surface area contributed by atoms with Crippen molar-refractivity contribution in [2.45, 2.75) is 19.3 Å². The van der Waals surface area contributed by atoms with Crippen LogP contribution in [-0.2, 0) is 17.6 Å². The van der Waals surface area contributed by atoms with Crippen LogP contribution in [0.2, 0.25) is 0 Å². The fraction of sp³-hybridized carbons (Fsp3) is 0.462. The van der Waals surface area contributed by atoms with E-state index in [-0.39, 0.29) is 12.5 Å². The highest BCUT2D eigenvalue weighted by Gasteiger charge is 2.22. The van der Waals surface area contributed by atoms with E-state index in [1.807, 2.05) is 12.1 Å². The zero-order valence-electron chi connectivity index (χ0n) is 9.28. The van der Waals surface area contributed by atoms with Gasteiger partial charge < -0.3 is 10.4 Å². The second-order valence-corrected chi connectivity index (χ2v) is 4.32. The molecule has 0 heterocycles. The Kier molecular flexibility index (Phi) is 3.57. The summed E-state index contributed by atoms with van der Waals surface area (Å²) >= 11 is 0. The van der Waals surface area contributed by atoms with Crippen LogP contribution in [0.25, 0.3) is 0 Å². The zero-order chi connectivity index (χ0) is 11.4. The molecule has 16 heavy (non-hydrogen) atoms. The number of carbonyl (C=O) groups is 1. The summed E-state index contributed by atoms with van der Waals surface area (Å²) in [5.41, 5.74) is 2.75. The average molecular weight is 219 g/mol. The Morgan fingerprint density at radius 1 is 1.31 bits per heavy atom. The smallest absolute Gasteiger partial charge is 0.220 e. The minimum atomic E-state index is 0.0105. The van der Waals surface area contributed by atoms with Gasteiger partial charge in [0.25, 0.3) is 0 Å². The molecule has 1 amide bonds. The second kappa shape index (κ2) is 5.12. The molecule has 0 atom stereocenters. The Morgan fingerprint density at radius 3 is 2.50 bits per heavy atom. The third kappa shape index (κ3) is 2.61. The van der Waals surface area contributed by atoms with Crippen LogP contribution in [-0.4, -0.2) is 24.2 Å². The van der Waals surface area contributed by atoms with Gasteiger partial charge in [-0.25, -0.2) is 0 Å². The zero-order valence-corrected chi connectivity index (χ0v) is 9.28. The van der Waals surface area contributed by atoms with Gasteiger partial charge in [-0.05, 0) is 29.9 Å². The number of aliphatic hydroxyl groups is 1. The number of amides is 1. The summed E-state index contributed by atoms with van der Waals surface area (Å²) in [5, 5.41) is 11.3. The summed E-state index contributed by atoms with van der Waals surface area (Å²) in [6.07, 6.45) is 2.57. The average Bonchev–Trinajstić information content (AvgIpc) is 2.68. The van der Waals surface area contributed by atoms with Crippen LogP contribution >= 0.6 is 0 Å². The molecule has 2 rings (SSSR count). The number of carbonyl (C=O) groups excluding carboxylic acids is 1. The molecule has 1 aromatic carbocycles. The monoisotopic (exact) mass is 219 g/mol. The van der Waals surface area contributed by atoms with Crippen LogP contribution in [0.4, 0.5) is 0 Å². The van der Waals surface area contributed by atoms with Gasteiger partial charge in [-0.3, -0.25) is 4.79 Å². The number of hydrogen-bond donors (Lipinski definition) is 2. The van der Waals surface area contributed by atoms with Crippen LogP contribution in [0, 0.1) is 5.92 Å². The van der Waals surface area contributed by atoms with Crippen LogP contribution in [0.1, 0.15) is 17.5 Å². The Bertz CT molecular complexity index is 351. The quantitative estimate of drug-likeness (QED) is 0.790. The first-order valence-electron chi connectivity index (χ1n) is 5.74. The number of nitrogens with one attached hydrogen (secondary N) is 1. The SMILES string of the molecule is O=C(CC1Cc2ccccc2C1)NCCO. The lowest BCUT2D eigenvalue weighted by Crippen LogP contribution is -2.28. The molecule has 0 aliphatic heterocycles. The highest BCUT2D eigenvalue weighted by molar-refractivity contribution is 5.76. The van der Waals surface area contributed by atoms with Gasteiger partial charge in [0.05, 0.1) is 6.61 Å². The summed E-state index contributed by atoms with van der Waals surface area (Å²) in [6, 6.07) is 8.38. The molecule has 2 N–H and O–H groups in total. The first-order valence-corrected chi connectivity index (χ1v) is 5.74. The predicted octanol–water partition coefficient (Wildman–Crippen LogP) is 0.900. The largest absolute Gasteiger partial charge is 0.395 e. The van der Waals surface area contributed by atoms with Gasteiger partial charge in [0.15, 0.2) is 0 Å². The van der Waals surface area contributed by atoms with Gasteiger partial charge in [-0.2, -0.15) is 0 Å². The lowest BCUT2D eigenvalue weighted by atomic mass is 10.0. The van der Waals surface area contributed by atoms with Gasteiger partial charge in [-0.15, -0.1) is 0 Å². The number of benzene rings is 1. The molecular formula is C13H17NO2. The highest BCUT2D eigenvalue weighted by atomic mass is 16.3. The number of rotatable bonds is 4. The van der Waals surface area contributed by atoms with Gasteiger partial charge in [0, 0.05) is 13.0 Å². The number of fused-ring (bicyclic) bond motifs is 1. The molecule has 0 saturated heterocycles. The maximum Gasteiger partial charge on any atom is 0.220 e. The van der Waals surface area contributed by atoms with Crippen molar-refractivity contribution in [2.24, 2.45) is 5.92 Å². The molecule has 86 valence electrons. The summed E-state index contributed by atoms with van der Waals surface area (Å²) in [5.74, 6) is 0.475. The fourth-order valence-corrected chi connectivity index (χ4v) is 2.32. The van der Waals surface area contributed by atoms with Crippen molar-refractivity contribution in [3.8, 4) is 0 Å². The minimum absolute atomic E-state index is 0.0105. The fourth-order valence-electron chi connectivity index (χ4n) is 2.32. The Morgan fingerprint density at radius 2 is 1.94 bits per heavy atom. The predicted molar refractivity (Wildman–Crippen MR) is 62.1 cm³/mol. The van der Waals surface area contributed by atoms with Crippen LogP contribution in [0.15, 0.2) is 24.3 Å². The Labute approximate surface area is 95.5 Å². The van der Waals surface area contributed by atoms with E-state index in [9.17, 15) is 4.79 Å². The molecule has 3 nitrogen and oxygen atoms in total. The van der Waals surface area contributed by atoms with Crippen molar-refractivity contribution < 1.29 is 9.90 Å². The van der Waals surface area contributed by atoms with E-state index in [4.69, 9.17) is 5.11 Å². The summed E-state index contributed by atoms with van der Waals surface area (Å²) in [7, 11) is 0. The van der Waals surface area contributed by atoms with Crippen molar-refractivity contribution in [3.63, 3.8) is 0 Å². The third-order valence-electron chi connectivity index (χ3n) is 3.04. The summed E-state index contributed by atoms with van der Waals surface area (Å²) in [4.78, 5) is 11.5.